The number of hydrogen-bond acceptors (Lipinski definition) is 2. The van der Waals surface area contributed by atoms with E-state index in [9.17, 15) is 17.6 Å². The van der Waals surface area contributed by atoms with E-state index in [2.05, 4.69) is 5.32 Å². The van der Waals surface area contributed by atoms with Gasteiger partial charge < -0.3 is 11.1 Å². The molecule has 108 valence electrons. The van der Waals surface area contributed by atoms with Gasteiger partial charge in [-0.1, -0.05) is 24.3 Å². The molecule has 0 aliphatic rings. The summed E-state index contributed by atoms with van der Waals surface area (Å²) in [6.45, 7) is -1.07. The summed E-state index contributed by atoms with van der Waals surface area (Å²) >= 11 is 0. The number of benzene rings is 2. The molecule has 0 radical (unpaired) electrons. The highest BCUT2D eigenvalue weighted by molar-refractivity contribution is 5.86. The summed E-state index contributed by atoms with van der Waals surface area (Å²) in [5.74, 6) is -4.04. The molecule has 0 unspecified atom stereocenters. The van der Waals surface area contributed by atoms with Crippen molar-refractivity contribution in [1.29, 1.82) is 0 Å². The van der Waals surface area contributed by atoms with Gasteiger partial charge in [0, 0.05) is 12.2 Å². The van der Waals surface area contributed by atoms with Crippen molar-refractivity contribution in [2.45, 2.75) is 18.9 Å². The minimum Gasteiger partial charge on any atom is -0.398 e. The van der Waals surface area contributed by atoms with Crippen LogP contribution in [0.4, 0.5) is 23.2 Å². The number of nitrogen functional groups attached to an aromatic ring is 1. The number of nitrogens with two attached hydrogens (primary N) is 1. The number of alkyl halides is 4. The molecule has 0 fully saturated rings. The van der Waals surface area contributed by atoms with Crippen molar-refractivity contribution >= 4 is 16.5 Å². The lowest BCUT2D eigenvalue weighted by Gasteiger charge is -2.16. The largest absolute Gasteiger partial charge is 0.398 e. The lowest BCUT2D eigenvalue weighted by Crippen LogP contribution is -2.38. The van der Waals surface area contributed by atoms with Crippen LogP contribution < -0.4 is 11.1 Å². The van der Waals surface area contributed by atoms with Gasteiger partial charge in [-0.05, 0) is 28.5 Å². The van der Waals surface area contributed by atoms with Gasteiger partial charge in [-0.25, -0.2) is 8.78 Å². The molecular formula is C14H14F4N2. The molecule has 0 amide bonds. The molecule has 6 heteroatoms. The fraction of sp³-hybridized carbons (Fsp3) is 0.286. The SMILES string of the molecule is Nc1cc2ccccc2cc1CNCC(F)(F)C(F)F. The Morgan fingerprint density at radius 3 is 2.30 bits per heavy atom. The Balaban J connectivity index is 2.08. The highest BCUT2D eigenvalue weighted by Gasteiger charge is 2.39. The van der Waals surface area contributed by atoms with Crippen molar-refractivity contribution in [3.05, 3.63) is 42.0 Å². The summed E-state index contributed by atoms with van der Waals surface area (Å²) in [5, 5.41) is 4.17. The molecule has 2 nitrogen and oxygen atoms in total. The van der Waals surface area contributed by atoms with E-state index in [1.807, 2.05) is 24.3 Å². The lowest BCUT2D eigenvalue weighted by molar-refractivity contribution is -0.125. The van der Waals surface area contributed by atoms with E-state index in [0.29, 0.717) is 11.3 Å². The summed E-state index contributed by atoms with van der Waals surface area (Å²) in [4.78, 5) is 0. The van der Waals surface area contributed by atoms with Gasteiger partial charge >= 0.3 is 12.3 Å². The van der Waals surface area contributed by atoms with Gasteiger partial charge in [-0.15, -0.1) is 0 Å². The Morgan fingerprint density at radius 1 is 1.10 bits per heavy atom. The molecular weight excluding hydrogens is 272 g/mol. The number of hydrogen-bond donors (Lipinski definition) is 2. The Bertz CT molecular complexity index is 599. The first-order valence-electron chi connectivity index (χ1n) is 6.04. The van der Waals surface area contributed by atoms with Crippen molar-refractivity contribution in [2.24, 2.45) is 0 Å². The average molecular weight is 286 g/mol. The quantitative estimate of drug-likeness (QED) is 0.653. The predicted molar refractivity (Wildman–Crippen MR) is 71.0 cm³/mol. The van der Waals surface area contributed by atoms with Crippen molar-refractivity contribution < 1.29 is 17.6 Å². The molecule has 2 aromatic carbocycles. The van der Waals surface area contributed by atoms with Gasteiger partial charge in [0.1, 0.15) is 0 Å². The summed E-state index contributed by atoms with van der Waals surface area (Å²) in [6.07, 6.45) is -3.68. The van der Waals surface area contributed by atoms with Crippen LogP contribution >= 0.6 is 0 Å². The number of anilines is 1. The predicted octanol–water partition coefficient (Wildman–Crippen LogP) is 3.41. The van der Waals surface area contributed by atoms with E-state index in [4.69, 9.17) is 5.73 Å². The second-order valence-electron chi connectivity index (χ2n) is 4.56. The number of halogens is 4. The van der Waals surface area contributed by atoms with Crippen molar-refractivity contribution in [1.82, 2.24) is 5.32 Å². The van der Waals surface area contributed by atoms with Crippen LogP contribution in [0.2, 0.25) is 0 Å². The molecule has 0 bridgehead atoms. The zero-order valence-corrected chi connectivity index (χ0v) is 10.5. The zero-order valence-electron chi connectivity index (χ0n) is 10.5. The summed E-state index contributed by atoms with van der Waals surface area (Å²) < 4.78 is 49.5. The van der Waals surface area contributed by atoms with Crippen LogP contribution in [0.5, 0.6) is 0 Å². The van der Waals surface area contributed by atoms with Gasteiger partial charge in [0.2, 0.25) is 0 Å². The van der Waals surface area contributed by atoms with E-state index >= 15 is 0 Å². The van der Waals surface area contributed by atoms with Crippen LogP contribution in [-0.2, 0) is 6.54 Å². The molecule has 0 saturated heterocycles. The Labute approximate surface area is 113 Å². The molecule has 2 rings (SSSR count). The third kappa shape index (κ3) is 3.19. The summed E-state index contributed by atoms with van der Waals surface area (Å²) in [6, 6.07) is 11.0. The fourth-order valence-electron chi connectivity index (χ4n) is 1.90. The second kappa shape index (κ2) is 5.66. The summed E-state index contributed by atoms with van der Waals surface area (Å²) in [5.41, 5.74) is 6.87. The van der Waals surface area contributed by atoms with Crippen LogP contribution in [0.15, 0.2) is 36.4 Å². The number of fused-ring (bicyclic) bond motifs is 1. The van der Waals surface area contributed by atoms with Crippen molar-refractivity contribution in [2.75, 3.05) is 12.3 Å². The van der Waals surface area contributed by atoms with Gasteiger partial charge in [-0.3, -0.25) is 0 Å². The molecule has 0 aromatic heterocycles. The van der Waals surface area contributed by atoms with Crippen LogP contribution in [-0.4, -0.2) is 18.9 Å². The van der Waals surface area contributed by atoms with Crippen LogP contribution in [0, 0.1) is 0 Å². The maximum atomic E-state index is 12.8. The first-order valence-corrected chi connectivity index (χ1v) is 6.04. The monoisotopic (exact) mass is 286 g/mol. The topological polar surface area (TPSA) is 38.0 Å². The van der Waals surface area contributed by atoms with E-state index in [-0.39, 0.29) is 6.54 Å². The molecule has 2 aromatic rings. The van der Waals surface area contributed by atoms with Gasteiger partial charge in [-0.2, -0.15) is 8.78 Å². The molecule has 3 N–H and O–H groups in total. The maximum absolute atomic E-state index is 12.8. The minimum absolute atomic E-state index is 0.0129. The molecule has 0 saturated carbocycles. The van der Waals surface area contributed by atoms with E-state index in [1.54, 1.807) is 12.1 Å². The Hall–Kier alpha value is -1.82. The average Bonchev–Trinajstić information content (AvgIpc) is 2.39. The molecule has 0 atom stereocenters. The first kappa shape index (κ1) is 14.6. The van der Waals surface area contributed by atoms with E-state index < -0.39 is 18.9 Å². The van der Waals surface area contributed by atoms with E-state index in [0.717, 1.165) is 10.8 Å². The molecule has 0 aliphatic carbocycles. The smallest absolute Gasteiger partial charge is 0.319 e. The third-order valence-electron chi connectivity index (χ3n) is 3.00. The highest BCUT2D eigenvalue weighted by atomic mass is 19.3. The highest BCUT2D eigenvalue weighted by Crippen LogP contribution is 2.24. The van der Waals surface area contributed by atoms with Gasteiger partial charge in [0.05, 0.1) is 6.54 Å². The van der Waals surface area contributed by atoms with Crippen LogP contribution in [0.25, 0.3) is 10.8 Å². The maximum Gasteiger partial charge on any atom is 0.319 e. The fourth-order valence-corrected chi connectivity index (χ4v) is 1.90. The van der Waals surface area contributed by atoms with Crippen molar-refractivity contribution in [3.63, 3.8) is 0 Å². The normalized spacial score (nSPS) is 12.2. The summed E-state index contributed by atoms with van der Waals surface area (Å²) in [7, 11) is 0. The molecule has 0 heterocycles. The van der Waals surface area contributed by atoms with Crippen molar-refractivity contribution in [3.8, 4) is 0 Å². The van der Waals surface area contributed by atoms with Gasteiger partial charge in [0.25, 0.3) is 0 Å². The molecule has 0 spiro atoms. The second-order valence-corrected chi connectivity index (χ2v) is 4.56. The number of nitrogens with one attached hydrogen (secondary N) is 1. The van der Waals surface area contributed by atoms with E-state index in [1.165, 1.54) is 0 Å². The Kier molecular flexibility index (Phi) is 4.13. The minimum atomic E-state index is -4.04. The molecule has 0 aliphatic heterocycles. The third-order valence-corrected chi connectivity index (χ3v) is 3.00. The standard InChI is InChI=1S/C14H14F4N2/c15-13(16)14(17,18)8-20-7-11-5-9-3-1-2-4-10(9)6-12(11)19/h1-6,13,20H,7-8,19H2. The number of rotatable bonds is 5. The van der Waals surface area contributed by atoms with Crippen LogP contribution in [0.1, 0.15) is 5.56 Å². The molecule has 20 heavy (non-hydrogen) atoms. The Morgan fingerprint density at radius 2 is 1.70 bits per heavy atom. The lowest BCUT2D eigenvalue weighted by atomic mass is 10.1. The van der Waals surface area contributed by atoms with Crippen LogP contribution in [0.3, 0.4) is 0 Å². The van der Waals surface area contributed by atoms with Gasteiger partial charge in [0.15, 0.2) is 0 Å². The first-order chi connectivity index (χ1) is 9.40. The zero-order chi connectivity index (χ0) is 14.8.